The first kappa shape index (κ1) is 18.5. The van der Waals surface area contributed by atoms with Gasteiger partial charge in [0.05, 0.1) is 12.2 Å². The van der Waals surface area contributed by atoms with Gasteiger partial charge in [-0.15, -0.1) is 0 Å². The summed E-state index contributed by atoms with van der Waals surface area (Å²) < 4.78 is 10.7. The van der Waals surface area contributed by atoms with Crippen LogP contribution < -0.4 is 10.1 Å². The molecule has 0 heterocycles. The molecule has 132 valence electrons. The van der Waals surface area contributed by atoms with Crippen LogP contribution in [0.2, 0.25) is 0 Å². The van der Waals surface area contributed by atoms with Gasteiger partial charge in [0, 0.05) is 5.69 Å². The quantitative estimate of drug-likeness (QED) is 0.810. The molecule has 0 radical (unpaired) electrons. The van der Waals surface area contributed by atoms with E-state index in [4.69, 9.17) is 9.47 Å². The average molecular weight is 341 g/mol. The zero-order valence-corrected chi connectivity index (χ0v) is 15.0. The monoisotopic (exact) mass is 341 g/mol. The molecule has 1 unspecified atom stereocenters. The van der Waals surface area contributed by atoms with Crippen molar-refractivity contribution in [1.82, 2.24) is 0 Å². The maximum Gasteiger partial charge on any atom is 0.338 e. The minimum atomic E-state index is -0.674. The minimum absolute atomic E-state index is 0.292. The van der Waals surface area contributed by atoms with E-state index in [1.165, 1.54) is 0 Å². The summed E-state index contributed by atoms with van der Waals surface area (Å²) in [6, 6.07) is 12.4. The van der Waals surface area contributed by atoms with E-state index in [1.54, 1.807) is 38.1 Å². The fourth-order valence-electron chi connectivity index (χ4n) is 2.44. The molecule has 1 amide bonds. The molecule has 2 aromatic carbocycles. The van der Waals surface area contributed by atoms with Crippen LogP contribution in [0.25, 0.3) is 0 Å². The zero-order valence-electron chi connectivity index (χ0n) is 15.0. The number of hydrogen-bond donors (Lipinski definition) is 1. The molecule has 0 aliphatic rings. The van der Waals surface area contributed by atoms with Gasteiger partial charge in [0.2, 0.25) is 0 Å². The highest BCUT2D eigenvalue weighted by molar-refractivity contribution is 5.96. The Kier molecular flexibility index (Phi) is 6.17. The van der Waals surface area contributed by atoms with Gasteiger partial charge < -0.3 is 14.8 Å². The molecule has 0 saturated heterocycles. The van der Waals surface area contributed by atoms with Gasteiger partial charge in [-0.2, -0.15) is 0 Å². The van der Waals surface area contributed by atoms with Crippen LogP contribution in [0.5, 0.6) is 5.75 Å². The molecule has 1 N–H and O–H groups in total. The van der Waals surface area contributed by atoms with Crippen LogP contribution in [0, 0.1) is 13.8 Å². The van der Waals surface area contributed by atoms with E-state index >= 15 is 0 Å². The Morgan fingerprint density at radius 3 is 2.40 bits per heavy atom. The Bertz CT molecular complexity index is 750. The van der Waals surface area contributed by atoms with E-state index in [0.717, 1.165) is 11.1 Å². The Balaban J connectivity index is 2.03. The van der Waals surface area contributed by atoms with Crippen molar-refractivity contribution in [2.24, 2.45) is 0 Å². The second-order valence-corrected chi connectivity index (χ2v) is 5.87. The summed E-state index contributed by atoms with van der Waals surface area (Å²) >= 11 is 0. The Morgan fingerprint density at radius 2 is 1.76 bits per heavy atom. The number of carbonyl (C=O) groups excluding carboxylic acids is 2. The zero-order chi connectivity index (χ0) is 18.4. The van der Waals surface area contributed by atoms with E-state index in [9.17, 15) is 9.59 Å². The molecule has 0 fully saturated rings. The van der Waals surface area contributed by atoms with Crippen molar-refractivity contribution in [3.63, 3.8) is 0 Å². The molecule has 2 rings (SSSR count). The second-order valence-electron chi connectivity index (χ2n) is 5.87. The van der Waals surface area contributed by atoms with Crippen LogP contribution in [0.1, 0.15) is 35.3 Å². The number of anilines is 1. The summed E-state index contributed by atoms with van der Waals surface area (Å²) in [5.74, 6) is -0.0567. The number of rotatable bonds is 6. The molecule has 0 aliphatic heterocycles. The Hall–Kier alpha value is -2.82. The molecule has 0 spiro atoms. The standard InChI is InChI=1S/C20H23NO4/c1-5-24-20(23)16-7-6-8-17(12-16)21-19(22)15(4)25-18-10-13(2)9-14(3)11-18/h6-12,15H,5H2,1-4H3,(H,21,22). The van der Waals surface area contributed by atoms with Crippen LogP contribution in [-0.2, 0) is 9.53 Å². The predicted molar refractivity (Wildman–Crippen MR) is 97.0 cm³/mol. The third-order valence-corrected chi connectivity index (χ3v) is 3.52. The topological polar surface area (TPSA) is 64.6 Å². The molecule has 1 atom stereocenters. The fraction of sp³-hybridized carbons (Fsp3) is 0.300. The summed E-state index contributed by atoms with van der Waals surface area (Å²) in [6.45, 7) is 7.69. The van der Waals surface area contributed by atoms with Crippen molar-refractivity contribution in [3.05, 3.63) is 59.2 Å². The lowest BCUT2D eigenvalue weighted by Crippen LogP contribution is -2.30. The molecule has 5 heteroatoms. The molecular weight excluding hydrogens is 318 g/mol. The predicted octanol–water partition coefficient (Wildman–Crippen LogP) is 3.89. The normalized spacial score (nSPS) is 11.5. The first-order valence-corrected chi connectivity index (χ1v) is 8.22. The highest BCUT2D eigenvalue weighted by atomic mass is 16.5. The van der Waals surface area contributed by atoms with E-state index in [0.29, 0.717) is 23.6 Å². The highest BCUT2D eigenvalue weighted by Gasteiger charge is 2.16. The second kappa shape index (κ2) is 8.33. The fourth-order valence-corrected chi connectivity index (χ4v) is 2.44. The van der Waals surface area contributed by atoms with Crippen molar-refractivity contribution < 1.29 is 19.1 Å². The lowest BCUT2D eigenvalue weighted by atomic mass is 10.1. The number of benzene rings is 2. The number of aryl methyl sites for hydroxylation is 2. The summed E-state index contributed by atoms with van der Waals surface area (Å²) in [4.78, 5) is 24.1. The molecule has 0 bridgehead atoms. The van der Waals surface area contributed by atoms with Crippen LogP contribution in [0.3, 0.4) is 0 Å². The first-order chi connectivity index (χ1) is 11.9. The molecular formula is C20H23NO4. The van der Waals surface area contributed by atoms with Crippen molar-refractivity contribution in [2.45, 2.75) is 33.8 Å². The number of ether oxygens (including phenoxy) is 2. The van der Waals surface area contributed by atoms with Crippen LogP contribution in [0.15, 0.2) is 42.5 Å². The lowest BCUT2D eigenvalue weighted by Gasteiger charge is -2.16. The van der Waals surface area contributed by atoms with Gasteiger partial charge in [-0.25, -0.2) is 4.79 Å². The van der Waals surface area contributed by atoms with Gasteiger partial charge in [-0.3, -0.25) is 4.79 Å². The lowest BCUT2D eigenvalue weighted by molar-refractivity contribution is -0.122. The molecule has 0 aromatic heterocycles. The molecule has 25 heavy (non-hydrogen) atoms. The number of carbonyl (C=O) groups is 2. The Morgan fingerprint density at radius 1 is 1.08 bits per heavy atom. The largest absolute Gasteiger partial charge is 0.481 e. The van der Waals surface area contributed by atoms with Crippen LogP contribution >= 0.6 is 0 Å². The molecule has 0 aliphatic carbocycles. The number of amides is 1. The van der Waals surface area contributed by atoms with Crippen molar-refractivity contribution in [2.75, 3.05) is 11.9 Å². The summed E-state index contributed by atoms with van der Waals surface area (Å²) in [5.41, 5.74) is 3.06. The maximum atomic E-state index is 12.3. The van der Waals surface area contributed by atoms with E-state index in [1.807, 2.05) is 32.0 Å². The van der Waals surface area contributed by atoms with E-state index in [-0.39, 0.29) is 5.91 Å². The smallest absolute Gasteiger partial charge is 0.338 e. The van der Waals surface area contributed by atoms with Crippen molar-refractivity contribution in [1.29, 1.82) is 0 Å². The van der Waals surface area contributed by atoms with Gasteiger partial charge in [0.15, 0.2) is 6.10 Å². The van der Waals surface area contributed by atoms with E-state index in [2.05, 4.69) is 5.32 Å². The van der Waals surface area contributed by atoms with Gasteiger partial charge in [-0.05, 0) is 69.2 Å². The number of hydrogen-bond acceptors (Lipinski definition) is 4. The van der Waals surface area contributed by atoms with Crippen LogP contribution in [0.4, 0.5) is 5.69 Å². The summed E-state index contributed by atoms with van der Waals surface area (Å²) in [6.07, 6.45) is -0.674. The SMILES string of the molecule is CCOC(=O)c1cccc(NC(=O)C(C)Oc2cc(C)cc(C)c2)c1. The van der Waals surface area contributed by atoms with Crippen molar-refractivity contribution >= 4 is 17.6 Å². The van der Waals surface area contributed by atoms with Gasteiger partial charge >= 0.3 is 5.97 Å². The van der Waals surface area contributed by atoms with Gasteiger partial charge in [0.25, 0.3) is 5.91 Å². The van der Waals surface area contributed by atoms with Gasteiger partial charge in [0.1, 0.15) is 5.75 Å². The number of esters is 1. The van der Waals surface area contributed by atoms with Crippen molar-refractivity contribution in [3.8, 4) is 5.75 Å². The minimum Gasteiger partial charge on any atom is -0.481 e. The van der Waals surface area contributed by atoms with E-state index < -0.39 is 12.1 Å². The summed E-state index contributed by atoms with van der Waals surface area (Å²) in [7, 11) is 0. The maximum absolute atomic E-state index is 12.3. The average Bonchev–Trinajstić information content (AvgIpc) is 2.54. The third-order valence-electron chi connectivity index (χ3n) is 3.52. The third kappa shape index (κ3) is 5.35. The molecule has 5 nitrogen and oxygen atoms in total. The first-order valence-electron chi connectivity index (χ1n) is 8.22. The van der Waals surface area contributed by atoms with Gasteiger partial charge in [-0.1, -0.05) is 12.1 Å². The number of nitrogens with one attached hydrogen (secondary N) is 1. The summed E-state index contributed by atoms with van der Waals surface area (Å²) in [5, 5.41) is 2.76. The molecule has 0 saturated carbocycles. The van der Waals surface area contributed by atoms with Crippen LogP contribution in [-0.4, -0.2) is 24.6 Å². The highest BCUT2D eigenvalue weighted by Crippen LogP contribution is 2.18. The Labute approximate surface area is 148 Å². The molecule has 2 aromatic rings.